The molecule has 5 nitrogen and oxygen atoms in total. The lowest BCUT2D eigenvalue weighted by atomic mass is 10.0. The third-order valence-corrected chi connectivity index (χ3v) is 6.07. The lowest BCUT2D eigenvalue weighted by Crippen LogP contribution is -2.21. The van der Waals surface area contributed by atoms with Crippen LogP contribution in [0.15, 0.2) is 66.7 Å². The normalized spacial score (nSPS) is 10.8. The van der Waals surface area contributed by atoms with Crippen LogP contribution in [0.4, 0.5) is 5.69 Å². The molecule has 1 N–H and O–H groups in total. The van der Waals surface area contributed by atoms with Gasteiger partial charge in [0.15, 0.2) is 6.61 Å². The van der Waals surface area contributed by atoms with Gasteiger partial charge in [-0.25, -0.2) is 9.78 Å². The van der Waals surface area contributed by atoms with E-state index in [0.717, 1.165) is 0 Å². The van der Waals surface area contributed by atoms with Crippen molar-refractivity contribution in [3.05, 3.63) is 92.4 Å². The molecule has 0 saturated heterocycles. The number of amides is 1. The van der Waals surface area contributed by atoms with Gasteiger partial charge in [0.05, 0.1) is 37.5 Å². The molecule has 0 fully saturated rings. The maximum Gasteiger partial charge on any atom is 0.339 e. The van der Waals surface area contributed by atoms with Gasteiger partial charge in [-0.05, 0) is 42.5 Å². The average molecular weight is 520 g/mol. The smallest absolute Gasteiger partial charge is 0.339 e. The zero-order valence-corrected chi connectivity index (χ0v) is 19.8. The number of aromatic nitrogens is 1. The number of ether oxygens (including phenoxy) is 1. The highest BCUT2D eigenvalue weighted by molar-refractivity contribution is 6.44. The first-order chi connectivity index (χ1) is 15.8. The van der Waals surface area contributed by atoms with Crippen molar-refractivity contribution in [2.45, 2.75) is 0 Å². The number of carbonyl (C=O) groups is 2. The molecule has 1 aromatic heterocycles. The Morgan fingerprint density at radius 3 is 2.45 bits per heavy atom. The number of esters is 1. The van der Waals surface area contributed by atoms with Crippen LogP contribution >= 0.6 is 46.4 Å². The van der Waals surface area contributed by atoms with Crippen molar-refractivity contribution in [3.63, 3.8) is 0 Å². The van der Waals surface area contributed by atoms with Crippen LogP contribution in [0.25, 0.3) is 22.2 Å². The number of hydrogen-bond acceptors (Lipinski definition) is 4. The molecule has 0 bridgehead atoms. The van der Waals surface area contributed by atoms with Gasteiger partial charge in [0.2, 0.25) is 0 Å². The average Bonchev–Trinajstić information content (AvgIpc) is 2.80. The second kappa shape index (κ2) is 9.98. The fourth-order valence-corrected chi connectivity index (χ4v) is 4.03. The molecule has 0 aliphatic heterocycles. The third kappa shape index (κ3) is 5.23. The Balaban J connectivity index is 1.59. The first-order valence-corrected chi connectivity index (χ1v) is 11.1. The number of anilines is 1. The number of nitrogens with one attached hydrogen (secondary N) is 1. The van der Waals surface area contributed by atoms with E-state index in [1.54, 1.807) is 66.7 Å². The first-order valence-electron chi connectivity index (χ1n) is 9.59. The number of fused-ring (bicyclic) bond motifs is 1. The van der Waals surface area contributed by atoms with Gasteiger partial charge in [-0.1, -0.05) is 70.7 Å². The summed E-state index contributed by atoms with van der Waals surface area (Å²) in [5.41, 5.74) is 2.21. The molecule has 1 heterocycles. The van der Waals surface area contributed by atoms with Crippen LogP contribution in [0.3, 0.4) is 0 Å². The van der Waals surface area contributed by atoms with E-state index in [4.69, 9.17) is 51.1 Å². The molecular weight excluding hydrogens is 506 g/mol. The van der Waals surface area contributed by atoms with Gasteiger partial charge in [-0.3, -0.25) is 4.79 Å². The van der Waals surface area contributed by atoms with Gasteiger partial charge in [-0.2, -0.15) is 0 Å². The monoisotopic (exact) mass is 518 g/mol. The number of halogens is 4. The van der Waals surface area contributed by atoms with E-state index in [-0.39, 0.29) is 10.6 Å². The second-order valence-electron chi connectivity index (χ2n) is 6.92. The minimum Gasteiger partial charge on any atom is -0.452 e. The summed E-state index contributed by atoms with van der Waals surface area (Å²) in [6.45, 7) is -0.518. The molecule has 0 radical (unpaired) electrons. The quantitative estimate of drug-likeness (QED) is 0.280. The van der Waals surface area contributed by atoms with Crippen molar-refractivity contribution in [2.24, 2.45) is 0 Å². The third-order valence-electron chi connectivity index (χ3n) is 4.70. The number of hydrogen-bond donors (Lipinski definition) is 1. The SMILES string of the molecule is O=C(COC(=O)c1cc(-c2ccc(Cl)cc2Cl)nc2ccccc12)Nc1cccc(Cl)c1Cl. The Morgan fingerprint density at radius 2 is 1.67 bits per heavy atom. The number of benzene rings is 3. The summed E-state index contributed by atoms with van der Waals surface area (Å²) in [6.07, 6.45) is 0. The van der Waals surface area contributed by atoms with E-state index in [2.05, 4.69) is 10.3 Å². The zero-order chi connectivity index (χ0) is 23.5. The summed E-state index contributed by atoms with van der Waals surface area (Å²) >= 11 is 24.4. The van der Waals surface area contributed by atoms with E-state index < -0.39 is 18.5 Å². The molecule has 0 saturated carbocycles. The first kappa shape index (κ1) is 23.3. The summed E-state index contributed by atoms with van der Waals surface area (Å²) in [5, 5.41) is 4.51. The number of pyridine rings is 1. The molecule has 166 valence electrons. The Hall–Kier alpha value is -2.83. The number of carbonyl (C=O) groups excluding carboxylic acids is 2. The molecular formula is C24H14Cl4N2O3. The van der Waals surface area contributed by atoms with Gasteiger partial charge < -0.3 is 10.1 Å². The predicted molar refractivity (Wildman–Crippen MR) is 133 cm³/mol. The Bertz CT molecular complexity index is 1390. The molecule has 4 rings (SSSR count). The summed E-state index contributed by atoms with van der Waals surface area (Å²) in [4.78, 5) is 29.8. The molecule has 9 heteroatoms. The molecule has 33 heavy (non-hydrogen) atoms. The number of rotatable bonds is 5. The van der Waals surface area contributed by atoms with Gasteiger partial charge in [0.1, 0.15) is 0 Å². The van der Waals surface area contributed by atoms with Crippen molar-refractivity contribution in [3.8, 4) is 11.3 Å². The van der Waals surface area contributed by atoms with E-state index in [1.165, 1.54) is 0 Å². The largest absolute Gasteiger partial charge is 0.452 e. The summed E-state index contributed by atoms with van der Waals surface area (Å²) in [7, 11) is 0. The Labute approximate surface area is 209 Å². The number of nitrogens with zero attached hydrogens (tertiary/aromatic N) is 1. The molecule has 0 unspecified atom stereocenters. The molecule has 0 atom stereocenters. The second-order valence-corrected chi connectivity index (χ2v) is 8.55. The highest BCUT2D eigenvalue weighted by Crippen LogP contribution is 2.32. The molecule has 0 aliphatic carbocycles. The Morgan fingerprint density at radius 1 is 0.879 bits per heavy atom. The maximum absolute atomic E-state index is 12.9. The maximum atomic E-state index is 12.9. The van der Waals surface area contributed by atoms with E-state index in [0.29, 0.717) is 42.9 Å². The van der Waals surface area contributed by atoms with Crippen molar-refractivity contribution in [1.29, 1.82) is 0 Å². The lowest BCUT2D eigenvalue weighted by Gasteiger charge is -2.12. The van der Waals surface area contributed by atoms with Crippen molar-refractivity contribution < 1.29 is 14.3 Å². The lowest BCUT2D eigenvalue weighted by molar-refractivity contribution is -0.119. The van der Waals surface area contributed by atoms with Gasteiger partial charge in [0.25, 0.3) is 5.91 Å². The van der Waals surface area contributed by atoms with E-state index >= 15 is 0 Å². The molecule has 3 aromatic carbocycles. The van der Waals surface area contributed by atoms with Crippen LogP contribution in [0.1, 0.15) is 10.4 Å². The minimum absolute atomic E-state index is 0.198. The molecule has 1 amide bonds. The summed E-state index contributed by atoms with van der Waals surface area (Å²) < 4.78 is 5.27. The minimum atomic E-state index is -0.688. The van der Waals surface area contributed by atoms with Crippen LogP contribution in [-0.2, 0) is 9.53 Å². The van der Waals surface area contributed by atoms with Crippen molar-refractivity contribution in [1.82, 2.24) is 4.98 Å². The molecule has 0 spiro atoms. The fourth-order valence-electron chi connectivity index (χ4n) is 3.17. The zero-order valence-electron chi connectivity index (χ0n) is 16.7. The highest BCUT2D eigenvalue weighted by atomic mass is 35.5. The van der Waals surface area contributed by atoms with Crippen LogP contribution < -0.4 is 5.32 Å². The number of para-hydroxylation sites is 1. The van der Waals surface area contributed by atoms with Crippen molar-refractivity contribution in [2.75, 3.05) is 11.9 Å². The van der Waals surface area contributed by atoms with E-state index in [9.17, 15) is 9.59 Å². The predicted octanol–water partition coefficient (Wildman–Crippen LogP) is 7.31. The van der Waals surface area contributed by atoms with Crippen LogP contribution in [0.5, 0.6) is 0 Å². The highest BCUT2D eigenvalue weighted by Gasteiger charge is 2.18. The van der Waals surface area contributed by atoms with Crippen LogP contribution in [-0.4, -0.2) is 23.5 Å². The van der Waals surface area contributed by atoms with Crippen molar-refractivity contribution >= 4 is 74.9 Å². The van der Waals surface area contributed by atoms with Crippen LogP contribution in [0.2, 0.25) is 20.1 Å². The fraction of sp³-hybridized carbons (Fsp3) is 0.0417. The van der Waals surface area contributed by atoms with Gasteiger partial charge in [0, 0.05) is 16.0 Å². The topological polar surface area (TPSA) is 68.3 Å². The molecule has 0 aliphatic rings. The van der Waals surface area contributed by atoms with Gasteiger partial charge in [-0.15, -0.1) is 0 Å². The van der Waals surface area contributed by atoms with E-state index in [1.807, 2.05) is 0 Å². The standard InChI is InChI=1S/C24H14Cl4N2O3/c25-13-8-9-15(18(27)10-13)21-11-16(14-4-1-2-6-19(14)29-21)24(32)33-12-22(31)30-20-7-3-5-17(26)23(20)28/h1-11H,12H2,(H,30,31). The molecule has 4 aromatic rings. The Kier molecular flexibility index (Phi) is 7.05. The summed E-state index contributed by atoms with van der Waals surface area (Å²) in [6, 6.07) is 18.5. The summed E-state index contributed by atoms with van der Waals surface area (Å²) in [5.74, 6) is -1.25. The van der Waals surface area contributed by atoms with Gasteiger partial charge >= 0.3 is 5.97 Å². The van der Waals surface area contributed by atoms with Crippen LogP contribution in [0, 0.1) is 0 Å².